The van der Waals surface area contributed by atoms with Crippen molar-refractivity contribution in [2.75, 3.05) is 0 Å². The number of hydrogen-bond acceptors (Lipinski definition) is 0. The second kappa shape index (κ2) is 7.22. The van der Waals surface area contributed by atoms with Crippen molar-refractivity contribution in [3.63, 3.8) is 0 Å². The number of rotatable bonds is 3. The van der Waals surface area contributed by atoms with E-state index < -0.39 is 0 Å². The van der Waals surface area contributed by atoms with Gasteiger partial charge in [0.1, 0.15) is 0 Å². The van der Waals surface area contributed by atoms with E-state index in [1.165, 1.54) is 63.4 Å². The molecule has 0 N–H and O–H groups in total. The molecule has 0 aromatic heterocycles. The first-order valence-corrected chi connectivity index (χ1v) is 10.5. The molecule has 3 rings (SSSR count). The SMILES string of the molecule is C=C1[C@H](C)CC(=C/C=C2\CCC[C@]3(C)C(CCC)CC[C@@H]23)C[C@H]1C. The molecule has 0 heterocycles. The Kier molecular flexibility index (Phi) is 5.42. The molecule has 0 saturated heterocycles. The van der Waals surface area contributed by atoms with Crippen molar-refractivity contribution in [3.8, 4) is 0 Å². The molecule has 0 bridgehead atoms. The molecule has 3 aliphatic carbocycles. The molecule has 0 heteroatoms. The topological polar surface area (TPSA) is 0 Å². The predicted octanol–water partition coefficient (Wildman–Crippen LogP) is 7.48. The zero-order valence-corrected chi connectivity index (χ0v) is 16.5. The predicted molar refractivity (Wildman–Crippen MR) is 106 cm³/mol. The molecule has 0 spiro atoms. The summed E-state index contributed by atoms with van der Waals surface area (Å²) in [7, 11) is 0. The lowest BCUT2D eigenvalue weighted by molar-refractivity contribution is 0.129. The number of allylic oxidation sites excluding steroid dienone is 5. The van der Waals surface area contributed by atoms with Gasteiger partial charge >= 0.3 is 0 Å². The molecule has 0 radical (unpaired) electrons. The Balaban J connectivity index is 1.76. The molecule has 5 atom stereocenters. The summed E-state index contributed by atoms with van der Waals surface area (Å²) in [5, 5.41) is 0. The van der Waals surface area contributed by atoms with Gasteiger partial charge in [0.2, 0.25) is 0 Å². The third-order valence-electron chi connectivity index (χ3n) is 7.73. The van der Waals surface area contributed by atoms with Crippen molar-refractivity contribution in [1.82, 2.24) is 0 Å². The largest absolute Gasteiger partial charge is 0.0993 e. The van der Waals surface area contributed by atoms with E-state index in [1.54, 1.807) is 11.1 Å². The monoisotopic (exact) mass is 326 g/mol. The highest BCUT2D eigenvalue weighted by atomic mass is 14.5. The van der Waals surface area contributed by atoms with Crippen LogP contribution in [0.15, 0.2) is 35.5 Å². The van der Waals surface area contributed by atoms with Gasteiger partial charge in [-0.15, -0.1) is 0 Å². The van der Waals surface area contributed by atoms with E-state index in [-0.39, 0.29) is 0 Å². The molecule has 0 aromatic carbocycles. The molecule has 134 valence electrons. The van der Waals surface area contributed by atoms with Crippen LogP contribution in [0.2, 0.25) is 0 Å². The lowest BCUT2D eigenvalue weighted by atomic mass is 9.62. The molecule has 0 aliphatic heterocycles. The van der Waals surface area contributed by atoms with Crippen molar-refractivity contribution >= 4 is 0 Å². The summed E-state index contributed by atoms with van der Waals surface area (Å²) in [6.07, 6.45) is 17.5. The molecule has 1 unspecified atom stereocenters. The smallest absolute Gasteiger partial charge is 0.0143 e. The quantitative estimate of drug-likeness (QED) is 0.472. The average Bonchev–Trinajstić information content (AvgIpc) is 2.88. The summed E-state index contributed by atoms with van der Waals surface area (Å²) in [4.78, 5) is 0. The summed E-state index contributed by atoms with van der Waals surface area (Å²) >= 11 is 0. The zero-order chi connectivity index (χ0) is 17.3. The summed E-state index contributed by atoms with van der Waals surface area (Å²) in [5.41, 5.74) is 5.49. The Morgan fingerprint density at radius 3 is 2.50 bits per heavy atom. The maximum absolute atomic E-state index is 4.30. The second-order valence-corrected chi connectivity index (χ2v) is 9.33. The van der Waals surface area contributed by atoms with Crippen molar-refractivity contribution < 1.29 is 0 Å². The first-order valence-electron chi connectivity index (χ1n) is 10.5. The summed E-state index contributed by atoms with van der Waals surface area (Å²) in [6, 6.07) is 0. The van der Waals surface area contributed by atoms with Crippen molar-refractivity contribution in [2.45, 2.75) is 85.5 Å². The molecular formula is C24H38. The van der Waals surface area contributed by atoms with E-state index in [9.17, 15) is 0 Å². The lowest BCUT2D eigenvalue weighted by Crippen LogP contribution is -2.33. The maximum Gasteiger partial charge on any atom is -0.0143 e. The summed E-state index contributed by atoms with van der Waals surface area (Å²) < 4.78 is 0. The van der Waals surface area contributed by atoms with Crippen LogP contribution in [0, 0.1) is 29.1 Å². The van der Waals surface area contributed by atoms with Crippen LogP contribution in [0.4, 0.5) is 0 Å². The minimum absolute atomic E-state index is 0.597. The molecule has 0 nitrogen and oxygen atoms in total. The molecule has 24 heavy (non-hydrogen) atoms. The van der Waals surface area contributed by atoms with Gasteiger partial charge in [0.25, 0.3) is 0 Å². The van der Waals surface area contributed by atoms with Crippen LogP contribution < -0.4 is 0 Å². The van der Waals surface area contributed by atoms with Gasteiger partial charge in [-0.3, -0.25) is 0 Å². The summed E-state index contributed by atoms with van der Waals surface area (Å²) in [5.74, 6) is 3.17. The van der Waals surface area contributed by atoms with Crippen molar-refractivity contribution in [3.05, 3.63) is 35.5 Å². The van der Waals surface area contributed by atoms with Crippen LogP contribution in [0.25, 0.3) is 0 Å². The highest BCUT2D eigenvalue weighted by molar-refractivity contribution is 5.28. The van der Waals surface area contributed by atoms with Gasteiger partial charge in [0.05, 0.1) is 0 Å². The minimum Gasteiger partial charge on any atom is -0.0993 e. The van der Waals surface area contributed by atoms with E-state index >= 15 is 0 Å². The highest BCUT2D eigenvalue weighted by Gasteiger charge is 2.48. The Bertz CT molecular complexity index is 518. The zero-order valence-electron chi connectivity index (χ0n) is 16.5. The molecule has 3 aliphatic rings. The van der Waals surface area contributed by atoms with Crippen LogP contribution in [-0.2, 0) is 0 Å². The standard InChI is InChI=1S/C24H38/c1-6-8-22-12-13-23-21(9-7-14-24(22,23)5)11-10-20-15-17(2)19(4)18(3)16-20/h10-11,17-18,22-23H,4,6-9,12-16H2,1-3,5H3/b21-11+/t17-,18-,22?,23+,24-/m1/s1. The third kappa shape index (κ3) is 3.31. The number of fused-ring (bicyclic) bond motifs is 1. The van der Waals surface area contributed by atoms with E-state index in [2.05, 4.69) is 46.4 Å². The molecular weight excluding hydrogens is 288 g/mol. The molecule has 0 aromatic rings. The van der Waals surface area contributed by atoms with Crippen LogP contribution in [0.1, 0.15) is 85.5 Å². The van der Waals surface area contributed by atoms with Gasteiger partial charge < -0.3 is 0 Å². The second-order valence-electron chi connectivity index (χ2n) is 9.33. The normalized spacial score (nSPS) is 41.6. The Morgan fingerprint density at radius 1 is 1.12 bits per heavy atom. The van der Waals surface area contributed by atoms with Gasteiger partial charge in [-0.25, -0.2) is 0 Å². The third-order valence-corrected chi connectivity index (χ3v) is 7.73. The molecule has 3 fully saturated rings. The highest BCUT2D eigenvalue weighted by Crippen LogP contribution is 2.58. The lowest BCUT2D eigenvalue weighted by Gasteiger charge is -2.42. The van der Waals surface area contributed by atoms with Crippen molar-refractivity contribution in [2.24, 2.45) is 29.1 Å². The Labute approximate surface area is 150 Å². The van der Waals surface area contributed by atoms with E-state index in [0.717, 1.165) is 11.8 Å². The fourth-order valence-corrected chi connectivity index (χ4v) is 6.15. The van der Waals surface area contributed by atoms with Gasteiger partial charge in [-0.2, -0.15) is 0 Å². The first-order chi connectivity index (χ1) is 11.5. The van der Waals surface area contributed by atoms with Gasteiger partial charge in [0.15, 0.2) is 0 Å². The van der Waals surface area contributed by atoms with Crippen LogP contribution in [-0.4, -0.2) is 0 Å². The number of hydrogen-bond donors (Lipinski definition) is 0. The van der Waals surface area contributed by atoms with E-state index in [4.69, 9.17) is 0 Å². The maximum atomic E-state index is 4.30. The van der Waals surface area contributed by atoms with Crippen molar-refractivity contribution in [1.29, 1.82) is 0 Å². The van der Waals surface area contributed by atoms with E-state index in [1.807, 2.05) is 0 Å². The van der Waals surface area contributed by atoms with Gasteiger partial charge in [-0.05, 0) is 74.0 Å². The molecule has 0 amide bonds. The molecule has 3 saturated carbocycles. The fourth-order valence-electron chi connectivity index (χ4n) is 6.15. The summed E-state index contributed by atoms with van der Waals surface area (Å²) in [6.45, 7) is 14.0. The van der Waals surface area contributed by atoms with Crippen LogP contribution in [0.3, 0.4) is 0 Å². The van der Waals surface area contributed by atoms with Crippen LogP contribution >= 0.6 is 0 Å². The fraction of sp³-hybridized carbons (Fsp3) is 0.750. The van der Waals surface area contributed by atoms with Gasteiger partial charge in [-0.1, -0.05) is 76.0 Å². The first kappa shape index (κ1) is 18.0. The average molecular weight is 327 g/mol. The minimum atomic E-state index is 0.597. The Morgan fingerprint density at radius 2 is 1.83 bits per heavy atom. The van der Waals surface area contributed by atoms with Crippen LogP contribution in [0.5, 0.6) is 0 Å². The van der Waals surface area contributed by atoms with Gasteiger partial charge in [0, 0.05) is 0 Å². The Hall–Kier alpha value is -0.780. The van der Waals surface area contributed by atoms with E-state index in [0.29, 0.717) is 17.3 Å².